The van der Waals surface area contributed by atoms with Gasteiger partial charge in [0.05, 0.1) is 15.7 Å². The number of benzene rings is 1. The highest BCUT2D eigenvalue weighted by atomic mass is 32.2. The van der Waals surface area contributed by atoms with Crippen molar-refractivity contribution in [1.82, 2.24) is 9.71 Å². The Labute approximate surface area is 163 Å². The number of pyridine rings is 1. The molecule has 5 nitrogen and oxygen atoms in total. The molecule has 0 bridgehead atoms. The van der Waals surface area contributed by atoms with Gasteiger partial charge in [-0.3, -0.25) is 9.78 Å². The molecule has 0 saturated carbocycles. The molecular formula is C21H27N3O2S. The number of rotatable bonds is 4. The van der Waals surface area contributed by atoms with E-state index in [-0.39, 0.29) is 16.7 Å². The molecule has 1 aromatic heterocycles. The second kappa shape index (κ2) is 7.52. The van der Waals surface area contributed by atoms with Crippen molar-refractivity contribution in [1.29, 1.82) is 0 Å². The molecule has 0 radical (unpaired) electrons. The van der Waals surface area contributed by atoms with Crippen LogP contribution in [0.1, 0.15) is 51.3 Å². The lowest BCUT2D eigenvalue weighted by Gasteiger charge is -2.26. The smallest absolute Gasteiger partial charge is 0.227 e. The quantitative estimate of drug-likeness (QED) is 0.871. The minimum atomic E-state index is -1.14. The van der Waals surface area contributed by atoms with Gasteiger partial charge in [-0.1, -0.05) is 6.07 Å². The second-order valence-electron chi connectivity index (χ2n) is 8.02. The van der Waals surface area contributed by atoms with Gasteiger partial charge in [-0.25, -0.2) is 8.93 Å². The van der Waals surface area contributed by atoms with Crippen molar-refractivity contribution in [2.75, 3.05) is 11.9 Å². The topological polar surface area (TPSA) is 62.3 Å². The fraction of sp³-hybridized carbons (Fsp3) is 0.429. The van der Waals surface area contributed by atoms with Gasteiger partial charge in [0.2, 0.25) is 5.91 Å². The van der Waals surface area contributed by atoms with Crippen LogP contribution >= 0.6 is 0 Å². The Hall–Kier alpha value is -2.05. The zero-order chi connectivity index (χ0) is 19.8. The Morgan fingerprint density at radius 1 is 1.15 bits per heavy atom. The van der Waals surface area contributed by atoms with Crippen molar-refractivity contribution in [3.63, 3.8) is 0 Å². The average Bonchev–Trinajstić information content (AvgIpc) is 2.64. The third-order valence-electron chi connectivity index (χ3n) is 4.86. The van der Waals surface area contributed by atoms with Crippen molar-refractivity contribution in [2.45, 2.75) is 51.3 Å². The van der Waals surface area contributed by atoms with E-state index < -0.39 is 11.0 Å². The molecule has 144 valence electrons. The van der Waals surface area contributed by atoms with Gasteiger partial charge in [-0.2, -0.15) is 0 Å². The maximum atomic E-state index is 12.4. The minimum absolute atomic E-state index is 0.0705. The predicted octanol–water partition coefficient (Wildman–Crippen LogP) is 3.77. The highest BCUT2D eigenvalue weighted by molar-refractivity contribution is 7.84. The van der Waals surface area contributed by atoms with Crippen LogP contribution in [0, 0.1) is 0 Å². The van der Waals surface area contributed by atoms with Crippen molar-refractivity contribution in [3.05, 3.63) is 47.8 Å². The maximum Gasteiger partial charge on any atom is 0.227 e. The number of carbonyl (C=O) groups excluding carboxylic acids is 1. The molecule has 1 unspecified atom stereocenters. The van der Waals surface area contributed by atoms with Gasteiger partial charge in [0.1, 0.15) is 0 Å². The van der Waals surface area contributed by atoms with Gasteiger partial charge in [0.15, 0.2) is 0 Å². The zero-order valence-corrected chi connectivity index (χ0v) is 17.4. The summed E-state index contributed by atoms with van der Waals surface area (Å²) >= 11 is 0. The first-order valence-electron chi connectivity index (χ1n) is 9.19. The molecule has 1 aliphatic rings. The van der Waals surface area contributed by atoms with E-state index in [1.807, 2.05) is 59.3 Å². The van der Waals surface area contributed by atoms with Crippen LogP contribution in [0.25, 0.3) is 11.1 Å². The minimum Gasteiger partial charge on any atom is -0.315 e. The van der Waals surface area contributed by atoms with Crippen LogP contribution in [0.15, 0.2) is 36.7 Å². The number of amides is 1. The first kappa shape index (κ1) is 19.7. The molecule has 1 aromatic carbocycles. The van der Waals surface area contributed by atoms with E-state index in [2.05, 4.69) is 21.8 Å². The van der Waals surface area contributed by atoms with Crippen LogP contribution in [-0.2, 0) is 22.2 Å². The lowest BCUT2D eigenvalue weighted by Crippen LogP contribution is -2.34. The summed E-state index contributed by atoms with van der Waals surface area (Å²) in [7, 11) is 0.681. The number of nitrogens with zero attached hydrogens (tertiary/aromatic N) is 2. The summed E-state index contributed by atoms with van der Waals surface area (Å²) in [6.45, 7) is 7.85. The summed E-state index contributed by atoms with van der Waals surface area (Å²) in [6.07, 6.45) is 4.97. The van der Waals surface area contributed by atoms with Crippen molar-refractivity contribution < 1.29 is 9.00 Å². The Morgan fingerprint density at radius 3 is 2.59 bits per heavy atom. The molecule has 0 aliphatic carbocycles. The van der Waals surface area contributed by atoms with Crippen LogP contribution in [0.3, 0.4) is 0 Å². The zero-order valence-electron chi connectivity index (χ0n) is 16.6. The molecule has 1 N–H and O–H groups in total. The number of aromatic nitrogens is 1. The molecule has 2 heterocycles. The van der Waals surface area contributed by atoms with E-state index in [1.165, 1.54) is 5.56 Å². The number of hydrogen-bond donors (Lipinski definition) is 1. The SMILES string of the molecule is CC(N[S@](=O)C(C)(C)C)c1cncc(-c2ccc3c(c2)CCC(=O)N3C)c1. The number of fused-ring (bicyclic) bond motifs is 1. The summed E-state index contributed by atoms with van der Waals surface area (Å²) in [6, 6.07) is 8.19. The molecule has 0 fully saturated rings. The van der Waals surface area contributed by atoms with E-state index >= 15 is 0 Å². The number of nitrogens with one attached hydrogen (secondary N) is 1. The number of aryl methyl sites for hydroxylation is 1. The molecule has 1 aliphatic heterocycles. The van der Waals surface area contributed by atoms with Crippen LogP contribution in [0.2, 0.25) is 0 Å². The van der Waals surface area contributed by atoms with E-state index in [9.17, 15) is 9.00 Å². The van der Waals surface area contributed by atoms with Crippen molar-refractivity contribution in [2.24, 2.45) is 0 Å². The van der Waals surface area contributed by atoms with Crippen LogP contribution in [-0.4, -0.2) is 26.9 Å². The molecule has 2 atom stereocenters. The summed E-state index contributed by atoms with van der Waals surface area (Å²) in [5, 5.41) is 0. The van der Waals surface area contributed by atoms with E-state index in [1.54, 1.807) is 4.90 Å². The average molecular weight is 386 g/mol. The molecule has 6 heteroatoms. The van der Waals surface area contributed by atoms with Gasteiger partial charge in [-0.15, -0.1) is 0 Å². The lowest BCUT2D eigenvalue weighted by molar-refractivity contribution is -0.118. The van der Waals surface area contributed by atoms with Crippen LogP contribution in [0.4, 0.5) is 5.69 Å². The maximum absolute atomic E-state index is 12.4. The molecule has 3 rings (SSSR count). The Morgan fingerprint density at radius 2 is 1.89 bits per heavy atom. The number of hydrogen-bond acceptors (Lipinski definition) is 3. The fourth-order valence-electron chi connectivity index (χ4n) is 3.09. The Bertz CT molecular complexity index is 889. The molecule has 2 aromatic rings. The summed E-state index contributed by atoms with van der Waals surface area (Å²) in [5.74, 6) is 0.158. The largest absolute Gasteiger partial charge is 0.315 e. The third kappa shape index (κ3) is 4.28. The number of anilines is 1. The van der Waals surface area contributed by atoms with Crippen molar-refractivity contribution >= 4 is 22.6 Å². The van der Waals surface area contributed by atoms with E-state index in [0.29, 0.717) is 6.42 Å². The van der Waals surface area contributed by atoms with Gasteiger partial charge in [0.25, 0.3) is 0 Å². The molecular weight excluding hydrogens is 358 g/mol. The van der Waals surface area contributed by atoms with Crippen molar-refractivity contribution in [3.8, 4) is 11.1 Å². The predicted molar refractivity (Wildman–Crippen MR) is 111 cm³/mol. The normalized spacial score (nSPS) is 16.8. The van der Waals surface area contributed by atoms with Gasteiger partial charge in [-0.05, 0) is 69.0 Å². The Balaban J connectivity index is 1.86. The molecule has 27 heavy (non-hydrogen) atoms. The first-order valence-corrected chi connectivity index (χ1v) is 10.3. The Kier molecular flexibility index (Phi) is 5.49. The van der Waals surface area contributed by atoms with Gasteiger partial charge in [0, 0.05) is 43.2 Å². The van der Waals surface area contributed by atoms with E-state index in [4.69, 9.17) is 0 Å². The van der Waals surface area contributed by atoms with Gasteiger partial charge < -0.3 is 4.90 Å². The summed E-state index contributed by atoms with van der Waals surface area (Å²) in [4.78, 5) is 18.0. The monoisotopic (exact) mass is 385 g/mol. The highest BCUT2D eigenvalue weighted by Gasteiger charge is 2.23. The number of carbonyl (C=O) groups is 1. The molecule has 1 amide bonds. The standard InChI is InChI=1S/C21H27N3O2S/c1-14(23-27(26)21(2,3)4)17-11-18(13-22-12-17)15-6-8-19-16(10-15)7-9-20(25)24(19)5/h6,8,10-14,23H,7,9H2,1-5H3/t14?,27-/m1/s1. The van der Waals surface area contributed by atoms with Gasteiger partial charge >= 0.3 is 0 Å². The highest BCUT2D eigenvalue weighted by Crippen LogP contribution is 2.32. The van der Waals surface area contributed by atoms with Crippen LogP contribution < -0.4 is 9.62 Å². The first-order chi connectivity index (χ1) is 12.7. The second-order valence-corrected chi connectivity index (χ2v) is 10.0. The van der Waals surface area contributed by atoms with E-state index in [0.717, 1.165) is 28.8 Å². The summed E-state index contributed by atoms with van der Waals surface area (Å²) < 4.78 is 15.2. The lowest BCUT2D eigenvalue weighted by atomic mass is 9.96. The van der Waals surface area contributed by atoms with Crippen LogP contribution in [0.5, 0.6) is 0 Å². The molecule has 0 spiro atoms. The summed E-state index contributed by atoms with van der Waals surface area (Å²) in [5.41, 5.74) is 5.25. The molecule has 0 saturated heterocycles. The third-order valence-corrected chi connectivity index (χ3v) is 6.54. The fourth-order valence-corrected chi connectivity index (χ4v) is 3.90.